The Bertz CT molecular complexity index is 1290. The van der Waals surface area contributed by atoms with Crippen molar-refractivity contribution in [2.45, 2.75) is 38.5 Å². The van der Waals surface area contributed by atoms with Crippen LogP contribution in [0.3, 0.4) is 0 Å². The second-order valence-corrected chi connectivity index (χ2v) is 8.62. The molecule has 4 aromatic rings. The van der Waals surface area contributed by atoms with E-state index in [0.29, 0.717) is 22.7 Å². The van der Waals surface area contributed by atoms with Gasteiger partial charge in [0.2, 0.25) is 5.91 Å². The number of pyridine rings is 2. The molecule has 0 bridgehead atoms. The highest BCUT2D eigenvalue weighted by molar-refractivity contribution is 6.04. The SMILES string of the molecule is O=C(Nc1cc2nc(-c3ccc(NC(=O)C4CCCCCC4)cc3)[nH]c2cn1)c1cccnc1. The molecule has 172 valence electrons. The molecule has 2 amide bonds. The molecule has 8 nitrogen and oxygen atoms in total. The minimum absolute atomic E-state index is 0.109. The number of hydrogen-bond donors (Lipinski definition) is 3. The maximum absolute atomic E-state index is 12.6. The van der Waals surface area contributed by atoms with E-state index in [9.17, 15) is 9.59 Å². The fourth-order valence-corrected chi connectivity index (χ4v) is 4.30. The molecule has 0 saturated heterocycles. The number of rotatable bonds is 5. The number of anilines is 2. The first-order valence-electron chi connectivity index (χ1n) is 11.6. The summed E-state index contributed by atoms with van der Waals surface area (Å²) in [6, 6.07) is 12.8. The maximum atomic E-state index is 12.6. The molecule has 5 rings (SSSR count). The van der Waals surface area contributed by atoms with E-state index in [1.807, 2.05) is 24.3 Å². The minimum Gasteiger partial charge on any atom is -0.337 e. The maximum Gasteiger partial charge on any atom is 0.258 e. The second-order valence-electron chi connectivity index (χ2n) is 8.62. The lowest BCUT2D eigenvalue weighted by atomic mass is 9.99. The molecule has 0 radical (unpaired) electrons. The Kier molecular flexibility index (Phi) is 6.29. The fraction of sp³-hybridized carbons (Fsp3) is 0.269. The van der Waals surface area contributed by atoms with Crippen molar-refractivity contribution in [1.82, 2.24) is 19.9 Å². The number of nitrogens with one attached hydrogen (secondary N) is 3. The second kappa shape index (κ2) is 9.82. The molecule has 0 spiro atoms. The van der Waals surface area contributed by atoms with E-state index in [2.05, 4.69) is 30.6 Å². The van der Waals surface area contributed by atoms with Crippen molar-refractivity contribution in [1.29, 1.82) is 0 Å². The van der Waals surface area contributed by atoms with Crippen LogP contribution in [-0.4, -0.2) is 31.8 Å². The highest BCUT2D eigenvalue weighted by atomic mass is 16.2. The number of aromatic amines is 1. The monoisotopic (exact) mass is 454 g/mol. The smallest absolute Gasteiger partial charge is 0.258 e. The third kappa shape index (κ3) is 4.96. The van der Waals surface area contributed by atoms with Crippen molar-refractivity contribution < 1.29 is 9.59 Å². The molecule has 1 aliphatic carbocycles. The van der Waals surface area contributed by atoms with Gasteiger partial charge in [-0.3, -0.25) is 14.6 Å². The van der Waals surface area contributed by atoms with Crippen molar-refractivity contribution >= 4 is 34.4 Å². The van der Waals surface area contributed by atoms with Crippen molar-refractivity contribution in [3.63, 3.8) is 0 Å². The number of carbonyl (C=O) groups is 2. The summed E-state index contributed by atoms with van der Waals surface area (Å²) >= 11 is 0. The van der Waals surface area contributed by atoms with E-state index in [4.69, 9.17) is 0 Å². The molecular formula is C26H26N6O2. The van der Waals surface area contributed by atoms with Gasteiger partial charge in [-0.15, -0.1) is 0 Å². The molecule has 1 saturated carbocycles. The Balaban J connectivity index is 1.27. The summed E-state index contributed by atoms with van der Waals surface area (Å²) in [4.78, 5) is 41.2. The van der Waals surface area contributed by atoms with Crippen molar-refractivity contribution in [2.75, 3.05) is 10.6 Å². The summed E-state index contributed by atoms with van der Waals surface area (Å²) in [5.41, 5.74) is 3.59. The van der Waals surface area contributed by atoms with Crippen LogP contribution >= 0.6 is 0 Å². The summed E-state index contributed by atoms with van der Waals surface area (Å²) in [5, 5.41) is 5.83. The van der Waals surface area contributed by atoms with E-state index in [1.165, 1.54) is 19.0 Å². The average molecular weight is 455 g/mol. The minimum atomic E-state index is -0.280. The van der Waals surface area contributed by atoms with Gasteiger partial charge in [0.25, 0.3) is 5.91 Å². The Labute approximate surface area is 197 Å². The normalized spacial score (nSPS) is 14.5. The van der Waals surface area contributed by atoms with Crippen LogP contribution in [-0.2, 0) is 4.79 Å². The van der Waals surface area contributed by atoms with Gasteiger partial charge in [0.15, 0.2) is 0 Å². The molecule has 34 heavy (non-hydrogen) atoms. The summed E-state index contributed by atoms with van der Waals surface area (Å²) < 4.78 is 0. The van der Waals surface area contributed by atoms with Gasteiger partial charge in [0, 0.05) is 35.6 Å². The lowest BCUT2D eigenvalue weighted by Crippen LogP contribution is -2.22. The van der Waals surface area contributed by atoms with Gasteiger partial charge >= 0.3 is 0 Å². The molecule has 1 aliphatic rings. The van der Waals surface area contributed by atoms with Crippen LogP contribution in [0.5, 0.6) is 0 Å². The zero-order chi connectivity index (χ0) is 23.3. The third-order valence-electron chi connectivity index (χ3n) is 6.18. The number of aromatic nitrogens is 4. The quantitative estimate of drug-likeness (QED) is 0.360. The van der Waals surface area contributed by atoms with E-state index in [0.717, 1.165) is 42.5 Å². The predicted octanol–water partition coefficient (Wildman–Crippen LogP) is 5.18. The fourth-order valence-electron chi connectivity index (χ4n) is 4.30. The Morgan fingerprint density at radius 2 is 1.74 bits per heavy atom. The molecule has 8 heteroatoms. The van der Waals surface area contributed by atoms with E-state index in [1.54, 1.807) is 30.6 Å². The van der Waals surface area contributed by atoms with Crippen LogP contribution in [0.25, 0.3) is 22.4 Å². The Hall–Kier alpha value is -4.07. The first-order valence-corrected chi connectivity index (χ1v) is 11.6. The number of amides is 2. The molecule has 0 atom stereocenters. The van der Waals surface area contributed by atoms with Crippen LogP contribution in [0.15, 0.2) is 61.1 Å². The van der Waals surface area contributed by atoms with Crippen LogP contribution in [0.1, 0.15) is 48.9 Å². The molecule has 0 aliphatic heterocycles. The average Bonchev–Trinajstić information content (AvgIpc) is 3.09. The van der Waals surface area contributed by atoms with Crippen molar-refractivity contribution in [2.24, 2.45) is 5.92 Å². The Morgan fingerprint density at radius 3 is 2.47 bits per heavy atom. The third-order valence-corrected chi connectivity index (χ3v) is 6.18. The largest absolute Gasteiger partial charge is 0.337 e. The molecule has 3 heterocycles. The highest BCUT2D eigenvalue weighted by Crippen LogP contribution is 2.26. The number of nitrogens with zero attached hydrogens (tertiary/aromatic N) is 3. The molecule has 0 unspecified atom stereocenters. The summed E-state index contributed by atoms with van der Waals surface area (Å²) in [5.74, 6) is 1.05. The zero-order valence-electron chi connectivity index (χ0n) is 18.8. The van der Waals surface area contributed by atoms with E-state index in [-0.39, 0.29) is 17.7 Å². The molecule has 3 N–H and O–H groups in total. The number of imidazole rings is 1. The number of fused-ring (bicyclic) bond motifs is 1. The van der Waals surface area contributed by atoms with Crippen LogP contribution in [0.2, 0.25) is 0 Å². The van der Waals surface area contributed by atoms with Gasteiger partial charge in [-0.1, -0.05) is 25.7 Å². The van der Waals surface area contributed by atoms with Gasteiger partial charge in [0.1, 0.15) is 11.6 Å². The zero-order valence-corrected chi connectivity index (χ0v) is 18.8. The predicted molar refractivity (Wildman–Crippen MR) is 131 cm³/mol. The molecule has 1 aromatic carbocycles. The lowest BCUT2D eigenvalue weighted by molar-refractivity contribution is -0.120. The molecule has 3 aromatic heterocycles. The first kappa shape index (κ1) is 21.8. The first-order chi connectivity index (χ1) is 16.7. The summed E-state index contributed by atoms with van der Waals surface area (Å²) in [7, 11) is 0. The van der Waals surface area contributed by atoms with Gasteiger partial charge in [-0.25, -0.2) is 9.97 Å². The standard InChI is InChI=1S/C26H26N6O2/c33-25(18-6-3-1-2-4-7-18)29-20-11-9-17(10-12-20)24-30-21-14-23(28-16-22(21)31-24)32-26(34)19-8-5-13-27-15-19/h5,8-16,18H,1-4,6-7H2,(H,29,33)(H,30,31)(H,28,32,34). The molecule has 1 fully saturated rings. The van der Waals surface area contributed by atoms with Crippen LogP contribution in [0.4, 0.5) is 11.5 Å². The number of carbonyl (C=O) groups excluding carboxylic acids is 2. The highest BCUT2D eigenvalue weighted by Gasteiger charge is 2.20. The van der Waals surface area contributed by atoms with Gasteiger partial charge in [0.05, 0.1) is 22.8 Å². The lowest BCUT2D eigenvalue weighted by Gasteiger charge is -2.14. The number of H-pyrrole nitrogens is 1. The molecular weight excluding hydrogens is 428 g/mol. The summed E-state index contributed by atoms with van der Waals surface area (Å²) in [6.45, 7) is 0. The van der Waals surface area contributed by atoms with E-state index >= 15 is 0 Å². The summed E-state index contributed by atoms with van der Waals surface area (Å²) in [6.07, 6.45) is 11.4. The van der Waals surface area contributed by atoms with Gasteiger partial charge in [-0.2, -0.15) is 0 Å². The Morgan fingerprint density at radius 1 is 0.941 bits per heavy atom. The van der Waals surface area contributed by atoms with Gasteiger partial charge < -0.3 is 15.6 Å². The number of hydrogen-bond acceptors (Lipinski definition) is 5. The van der Waals surface area contributed by atoms with E-state index < -0.39 is 0 Å². The van der Waals surface area contributed by atoms with Crippen LogP contribution < -0.4 is 10.6 Å². The van der Waals surface area contributed by atoms with Gasteiger partial charge in [-0.05, 0) is 49.2 Å². The van der Waals surface area contributed by atoms with Crippen molar-refractivity contribution in [3.8, 4) is 11.4 Å². The van der Waals surface area contributed by atoms with Crippen LogP contribution in [0, 0.1) is 5.92 Å². The topological polar surface area (TPSA) is 113 Å². The van der Waals surface area contributed by atoms with Crippen molar-refractivity contribution in [3.05, 3.63) is 66.6 Å². The number of benzene rings is 1.